The van der Waals surface area contributed by atoms with Crippen LogP contribution in [0.25, 0.3) is 6.08 Å². The molecule has 3 amide bonds. The highest BCUT2D eigenvalue weighted by molar-refractivity contribution is 9.10. The predicted octanol–water partition coefficient (Wildman–Crippen LogP) is 5.63. The lowest BCUT2D eigenvalue weighted by molar-refractivity contribution is -0.139. The third-order valence-corrected chi connectivity index (χ3v) is 7.76. The minimum absolute atomic E-state index is 0.221. The minimum Gasteiger partial charge on any atom is -0.490 e. The molecule has 196 valence electrons. The van der Waals surface area contributed by atoms with Gasteiger partial charge in [0, 0.05) is 13.1 Å². The van der Waals surface area contributed by atoms with E-state index >= 15 is 0 Å². The van der Waals surface area contributed by atoms with Crippen molar-refractivity contribution in [2.75, 3.05) is 39.5 Å². The number of thioether (sulfide) groups is 1. The molecule has 0 atom stereocenters. The van der Waals surface area contributed by atoms with Gasteiger partial charge in [0.2, 0.25) is 5.91 Å². The Morgan fingerprint density at radius 3 is 2.59 bits per heavy atom. The lowest BCUT2D eigenvalue weighted by atomic mass is 10.1. The maximum atomic E-state index is 12.9. The molecule has 37 heavy (non-hydrogen) atoms. The zero-order chi connectivity index (χ0) is 26.5. The highest BCUT2D eigenvalue weighted by Crippen LogP contribution is 2.40. The summed E-state index contributed by atoms with van der Waals surface area (Å²) < 4.78 is 17.6. The number of imide groups is 1. The van der Waals surface area contributed by atoms with Crippen molar-refractivity contribution < 1.29 is 28.6 Å². The van der Waals surface area contributed by atoms with E-state index in [1.165, 1.54) is 0 Å². The highest BCUT2D eigenvalue weighted by atomic mass is 79.9. The van der Waals surface area contributed by atoms with E-state index in [4.69, 9.17) is 37.4 Å². The monoisotopic (exact) mass is 628 g/mol. The van der Waals surface area contributed by atoms with Crippen molar-refractivity contribution in [3.05, 3.63) is 60.9 Å². The van der Waals surface area contributed by atoms with Gasteiger partial charge < -0.3 is 19.1 Å². The summed E-state index contributed by atoms with van der Waals surface area (Å²) in [6, 6.07) is 8.74. The highest BCUT2D eigenvalue weighted by Gasteiger charge is 2.37. The Kier molecular flexibility index (Phi) is 9.41. The number of hydrogen-bond donors (Lipinski definition) is 0. The first-order chi connectivity index (χ1) is 17.8. The molecule has 2 saturated heterocycles. The molecule has 2 fully saturated rings. The average molecular weight is 630 g/mol. The van der Waals surface area contributed by atoms with E-state index in [1.54, 1.807) is 35.2 Å². The summed E-state index contributed by atoms with van der Waals surface area (Å²) in [7, 11) is 0. The summed E-state index contributed by atoms with van der Waals surface area (Å²) in [5, 5.41) is 0.409. The maximum Gasteiger partial charge on any atom is 0.294 e. The maximum absolute atomic E-state index is 12.9. The molecule has 0 unspecified atom stereocenters. The third kappa shape index (κ3) is 6.80. The van der Waals surface area contributed by atoms with Crippen LogP contribution in [0.15, 0.2) is 39.7 Å². The molecule has 2 heterocycles. The summed E-state index contributed by atoms with van der Waals surface area (Å²) >= 11 is 16.4. The fraction of sp³-hybridized carbons (Fsp3) is 0.320. The van der Waals surface area contributed by atoms with Gasteiger partial charge in [-0.25, -0.2) is 0 Å². The summed E-state index contributed by atoms with van der Waals surface area (Å²) in [5.41, 5.74) is 1.45. The number of nitrogens with zero attached hydrogens (tertiary/aromatic N) is 2. The number of benzene rings is 2. The van der Waals surface area contributed by atoms with Gasteiger partial charge in [0.25, 0.3) is 11.1 Å². The molecular weight excluding hydrogens is 607 g/mol. The Bertz CT molecular complexity index is 1250. The number of halogens is 3. The average Bonchev–Trinajstić information content (AvgIpc) is 3.13. The Balaban J connectivity index is 1.50. The third-order valence-electron chi connectivity index (χ3n) is 5.53. The first kappa shape index (κ1) is 27.8. The molecule has 12 heteroatoms. The van der Waals surface area contributed by atoms with Crippen LogP contribution >= 0.6 is 50.9 Å². The Labute approximate surface area is 236 Å². The molecule has 0 aromatic heterocycles. The van der Waals surface area contributed by atoms with Crippen LogP contribution in [0.3, 0.4) is 0 Å². The molecule has 0 bridgehead atoms. The van der Waals surface area contributed by atoms with Crippen molar-refractivity contribution >= 4 is 74.0 Å². The van der Waals surface area contributed by atoms with Crippen molar-refractivity contribution in [1.29, 1.82) is 0 Å². The Hall–Kier alpha value is -2.24. The van der Waals surface area contributed by atoms with Crippen LogP contribution < -0.4 is 9.47 Å². The van der Waals surface area contributed by atoms with Gasteiger partial charge >= 0.3 is 0 Å². The van der Waals surface area contributed by atoms with Crippen molar-refractivity contribution in [1.82, 2.24) is 9.80 Å². The zero-order valence-electron chi connectivity index (χ0n) is 19.8. The number of carbonyl (C=O) groups excluding carboxylic acids is 3. The van der Waals surface area contributed by atoms with Crippen LogP contribution in [-0.4, -0.2) is 66.3 Å². The minimum atomic E-state index is -0.509. The lowest BCUT2D eigenvalue weighted by Gasteiger charge is -2.28. The van der Waals surface area contributed by atoms with Crippen LogP contribution in [0.2, 0.25) is 10.0 Å². The summed E-state index contributed by atoms with van der Waals surface area (Å²) in [5.74, 6) is 0.154. The number of morpholine rings is 1. The van der Waals surface area contributed by atoms with E-state index in [9.17, 15) is 14.4 Å². The van der Waals surface area contributed by atoms with Crippen LogP contribution in [0.5, 0.6) is 11.5 Å². The number of rotatable bonds is 8. The first-order valence-corrected chi connectivity index (χ1v) is 13.8. The molecular formula is C25H23BrCl2N2O6S. The van der Waals surface area contributed by atoms with E-state index in [-0.39, 0.29) is 24.0 Å². The molecule has 0 spiro atoms. The molecule has 0 saturated carbocycles. The first-order valence-electron chi connectivity index (χ1n) is 11.4. The fourth-order valence-electron chi connectivity index (χ4n) is 3.69. The molecule has 0 N–H and O–H groups in total. The van der Waals surface area contributed by atoms with E-state index in [0.29, 0.717) is 64.5 Å². The predicted molar refractivity (Wildman–Crippen MR) is 146 cm³/mol. The standard InChI is InChI=1S/C25H23BrCl2N2O6S/c1-2-35-20-11-16(9-17(26)23(20)36-14-15-3-4-18(27)19(28)10-15)12-21-24(32)30(25(33)37-21)13-22(31)29-5-7-34-8-6-29/h3-4,9-12H,2,5-8,13-14H2,1H3/b21-12-. The molecule has 0 aliphatic carbocycles. The molecule has 2 aliphatic heterocycles. The topological polar surface area (TPSA) is 85.4 Å². The Morgan fingerprint density at radius 2 is 1.89 bits per heavy atom. The van der Waals surface area contributed by atoms with Gasteiger partial charge in [0.05, 0.1) is 39.2 Å². The quantitative estimate of drug-likeness (QED) is 0.350. The van der Waals surface area contributed by atoms with Crippen molar-refractivity contribution in [3.63, 3.8) is 0 Å². The van der Waals surface area contributed by atoms with Crippen molar-refractivity contribution in [2.24, 2.45) is 0 Å². The fourth-order valence-corrected chi connectivity index (χ4v) is 5.43. The number of carbonyl (C=O) groups is 3. The summed E-state index contributed by atoms with van der Waals surface area (Å²) in [6.07, 6.45) is 1.60. The van der Waals surface area contributed by atoms with Gasteiger partial charge in [-0.2, -0.15) is 0 Å². The second-order valence-corrected chi connectivity index (χ2v) is 10.7. The van der Waals surface area contributed by atoms with Crippen molar-refractivity contribution in [3.8, 4) is 11.5 Å². The largest absolute Gasteiger partial charge is 0.490 e. The van der Waals surface area contributed by atoms with Gasteiger partial charge in [-0.15, -0.1) is 0 Å². The van der Waals surface area contributed by atoms with Crippen LogP contribution in [0.4, 0.5) is 4.79 Å². The summed E-state index contributed by atoms with van der Waals surface area (Å²) in [6.45, 7) is 3.94. The number of amides is 3. The molecule has 2 aromatic carbocycles. The summed E-state index contributed by atoms with van der Waals surface area (Å²) in [4.78, 5) is 40.8. The lowest BCUT2D eigenvalue weighted by Crippen LogP contribution is -2.46. The van der Waals surface area contributed by atoms with E-state index in [1.807, 2.05) is 13.0 Å². The second-order valence-electron chi connectivity index (χ2n) is 8.06. The van der Waals surface area contributed by atoms with Gasteiger partial charge in [0.1, 0.15) is 13.2 Å². The molecule has 8 nitrogen and oxygen atoms in total. The molecule has 2 aliphatic rings. The second kappa shape index (κ2) is 12.5. The number of hydrogen-bond acceptors (Lipinski definition) is 7. The van der Waals surface area contributed by atoms with E-state index in [0.717, 1.165) is 22.2 Å². The van der Waals surface area contributed by atoms with Gasteiger partial charge in [-0.1, -0.05) is 29.3 Å². The van der Waals surface area contributed by atoms with Crippen molar-refractivity contribution in [2.45, 2.75) is 13.5 Å². The van der Waals surface area contributed by atoms with Crippen LogP contribution in [0, 0.1) is 0 Å². The van der Waals surface area contributed by atoms with Crippen LogP contribution in [0.1, 0.15) is 18.1 Å². The molecule has 4 rings (SSSR count). The van der Waals surface area contributed by atoms with Crippen LogP contribution in [-0.2, 0) is 20.9 Å². The van der Waals surface area contributed by atoms with Gasteiger partial charge in [-0.05, 0) is 76.1 Å². The zero-order valence-corrected chi connectivity index (χ0v) is 23.7. The molecule has 0 radical (unpaired) electrons. The van der Waals surface area contributed by atoms with Gasteiger partial charge in [-0.3, -0.25) is 19.3 Å². The van der Waals surface area contributed by atoms with Gasteiger partial charge in [0.15, 0.2) is 11.5 Å². The van der Waals surface area contributed by atoms with E-state index < -0.39 is 11.1 Å². The normalized spacial score (nSPS) is 17.0. The SMILES string of the molecule is CCOc1cc(/C=C2\SC(=O)N(CC(=O)N3CCOCC3)C2=O)cc(Br)c1OCc1ccc(Cl)c(Cl)c1. The van der Waals surface area contributed by atoms with E-state index in [2.05, 4.69) is 15.9 Å². The number of ether oxygens (including phenoxy) is 3. The Morgan fingerprint density at radius 1 is 1.14 bits per heavy atom. The molecule has 2 aromatic rings. The smallest absolute Gasteiger partial charge is 0.294 e.